The lowest BCUT2D eigenvalue weighted by Gasteiger charge is -2.25. The van der Waals surface area contributed by atoms with Crippen molar-refractivity contribution in [3.63, 3.8) is 0 Å². The molecular weight excluding hydrogens is 162 g/mol. The Balaban J connectivity index is 2.33. The van der Waals surface area contributed by atoms with Gasteiger partial charge in [-0.15, -0.1) is 0 Å². The van der Waals surface area contributed by atoms with Gasteiger partial charge in [-0.05, 0) is 36.0 Å². The second kappa shape index (κ2) is 2.49. The zero-order chi connectivity index (χ0) is 9.80. The van der Waals surface area contributed by atoms with Crippen LogP contribution in [0.3, 0.4) is 0 Å². The lowest BCUT2D eigenvalue weighted by molar-refractivity contribution is -0.125. The largest absolute Gasteiger partial charge is 0.369 e. The van der Waals surface area contributed by atoms with Gasteiger partial charge < -0.3 is 5.73 Å². The molecule has 2 aliphatic carbocycles. The molecule has 13 heavy (non-hydrogen) atoms. The van der Waals surface area contributed by atoms with Crippen molar-refractivity contribution < 1.29 is 4.79 Å². The molecule has 1 amide bonds. The predicted octanol–water partition coefficient (Wildman–Crippen LogP) is 1.79. The van der Waals surface area contributed by atoms with Gasteiger partial charge in [0.15, 0.2) is 0 Å². The van der Waals surface area contributed by atoms with Crippen LogP contribution in [0.5, 0.6) is 0 Å². The third-order valence-corrected chi connectivity index (χ3v) is 4.66. The summed E-state index contributed by atoms with van der Waals surface area (Å²) in [4.78, 5) is 11.3. The minimum absolute atomic E-state index is 0.0761. The van der Waals surface area contributed by atoms with Crippen molar-refractivity contribution in [3.05, 3.63) is 0 Å². The van der Waals surface area contributed by atoms with Gasteiger partial charge in [-0.2, -0.15) is 0 Å². The Morgan fingerprint density at radius 3 is 2.15 bits per heavy atom. The number of hydrogen-bond acceptors (Lipinski definition) is 1. The summed E-state index contributed by atoms with van der Waals surface area (Å²) in [6.45, 7) is 6.80. The van der Waals surface area contributed by atoms with Gasteiger partial charge in [0.25, 0.3) is 0 Å². The highest BCUT2D eigenvalue weighted by Gasteiger charge is 2.58. The van der Waals surface area contributed by atoms with E-state index in [0.717, 1.165) is 5.92 Å². The highest BCUT2D eigenvalue weighted by atomic mass is 16.1. The fourth-order valence-corrected chi connectivity index (χ4v) is 4.04. The molecule has 4 atom stereocenters. The van der Waals surface area contributed by atoms with E-state index in [1.165, 1.54) is 12.8 Å². The van der Waals surface area contributed by atoms with Crippen LogP contribution in [0.2, 0.25) is 0 Å². The van der Waals surface area contributed by atoms with Gasteiger partial charge in [0.05, 0.1) is 0 Å². The average molecular weight is 181 g/mol. The number of nitrogens with two attached hydrogens (primary N) is 1. The monoisotopic (exact) mass is 181 g/mol. The fraction of sp³-hybridized carbons (Fsp3) is 0.909. The van der Waals surface area contributed by atoms with E-state index in [2.05, 4.69) is 20.8 Å². The first-order chi connectivity index (χ1) is 5.96. The molecule has 2 fully saturated rings. The Hall–Kier alpha value is -0.530. The van der Waals surface area contributed by atoms with Crippen LogP contribution in [-0.4, -0.2) is 5.91 Å². The first kappa shape index (κ1) is 9.04. The minimum atomic E-state index is -0.0761. The molecule has 0 spiro atoms. The van der Waals surface area contributed by atoms with Crippen LogP contribution in [0.4, 0.5) is 0 Å². The van der Waals surface area contributed by atoms with Crippen LogP contribution in [-0.2, 0) is 4.79 Å². The van der Waals surface area contributed by atoms with Crippen molar-refractivity contribution in [2.75, 3.05) is 0 Å². The van der Waals surface area contributed by atoms with Crippen LogP contribution in [0.1, 0.15) is 33.6 Å². The van der Waals surface area contributed by atoms with Gasteiger partial charge in [-0.1, -0.05) is 20.8 Å². The van der Waals surface area contributed by atoms with E-state index in [1.807, 2.05) is 0 Å². The van der Waals surface area contributed by atoms with E-state index in [-0.39, 0.29) is 11.8 Å². The molecular formula is C11H19NO. The smallest absolute Gasteiger partial charge is 0.221 e. The number of carbonyl (C=O) groups excluding carboxylic acids is 1. The number of rotatable bonds is 1. The first-order valence-electron chi connectivity index (χ1n) is 5.25. The molecule has 74 valence electrons. The van der Waals surface area contributed by atoms with Crippen LogP contribution >= 0.6 is 0 Å². The molecule has 0 radical (unpaired) electrons. The van der Waals surface area contributed by atoms with Crippen molar-refractivity contribution in [2.24, 2.45) is 34.8 Å². The SMILES string of the molecule is CC1C(C(N)=O)C2CCC1C2(C)C. The van der Waals surface area contributed by atoms with E-state index in [0.29, 0.717) is 17.3 Å². The van der Waals surface area contributed by atoms with Gasteiger partial charge in [0.1, 0.15) is 0 Å². The Labute approximate surface area is 79.9 Å². The number of carbonyl (C=O) groups is 1. The van der Waals surface area contributed by atoms with E-state index in [1.54, 1.807) is 0 Å². The average Bonchev–Trinajstić information content (AvgIpc) is 2.37. The summed E-state index contributed by atoms with van der Waals surface area (Å²) in [7, 11) is 0. The van der Waals surface area contributed by atoms with Crippen LogP contribution in [0.25, 0.3) is 0 Å². The maximum Gasteiger partial charge on any atom is 0.221 e. The second-order valence-corrected chi connectivity index (χ2v) is 5.40. The van der Waals surface area contributed by atoms with Gasteiger partial charge in [0.2, 0.25) is 5.91 Å². The lowest BCUT2D eigenvalue weighted by atomic mass is 9.80. The Kier molecular flexibility index (Phi) is 1.73. The zero-order valence-electron chi connectivity index (χ0n) is 8.71. The van der Waals surface area contributed by atoms with Crippen molar-refractivity contribution in [2.45, 2.75) is 33.6 Å². The van der Waals surface area contributed by atoms with E-state index >= 15 is 0 Å². The molecule has 2 N–H and O–H groups in total. The lowest BCUT2D eigenvalue weighted by Crippen LogP contribution is -2.33. The molecule has 2 aliphatic rings. The number of primary amides is 1. The number of amides is 1. The molecule has 0 heterocycles. The Morgan fingerprint density at radius 1 is 1.31 bits per heavy atom. The van der Waals surface area contributed by atoms with Crippen LogP contribution in [0.15, 0.2) is 0 Å². The summed E-state index contributed by atoms with van der Waals surface area (Å²) >= 11 is 0. The number of fused-ring (bicyclic) bond motifs is 2. The zero-order valence-corrected chi connectivity index (χ0v) is 8.71. The molecule has 2 rings (SSSR count). The molecule has 2 saturated carbocycles. The third kappa shape index (κ3) is 0.976. The Morgan fingerprint density at radius 2 is 1.85 bits per heavy atom. The van der Waals surface area contributed by atoms with Crippen molar-refractivity contribution in [1.29, 1.82) is 0 Å². The van der Waals surface area contributed by atoms with Crippen LogP contribution < -0.4 is 5.73 Å². The van der Waals surface area contributed by atoms with Gasteiger partial charge in [0, 0.05) is 5.92 Å². The molecule has 0 saturated heterocycles. The van der Waals surface area contributed by atoms with Gasteiger partial charge in [-0.3, -0.25) is 4.79 Å². The topological polar surface area (TPSA) is 43.1 Å². The van der Waals surface area contributed by atoms with E-state index < -0.39 is 0 Å². The van der Waals surface area contributed by atoms with Gasteiger partial charge in [-0.25, -0.2) is 0 Å². The summed E-state index contributed by atoms with van der Waals surface area (Å²) in [6, 6.07) is 0. The van der Waals surface area contributed by atoms with Gasteiger partial charge >= 0.3 is 0 Å². The van der Waals surface area contributed by atoms with E-state index in [9.17, 15) is 4.79 Å². The minimum Gasteiger partial charge on any atom is -0.369 e. The maximum absolute atomic E-state index is 11.3. The summed E-state index contributed by atoms with van der Waals surface area (Å²) < 4.78 is 0. The maximum atomic E-state index is 11.3. The standard InChI is InChI=1S/C11H19NO/c1-6-7-4-5-8(11(7,2)3)9(6)10(12)13/h6-9H,4-5H2,1-3H3,(H2,12,13). The summed E-state index contributed by atoms with van der Waals surface area (Å²) in [5, 5.41) is 0. The fourth-order valence-electron chi connectivity index (χ4n) is 4.04. The molecule has 0 aromatic carbocycles. The van der Waals surface area contributed by atoms with Crippen LogP contribution in [0, 0.1) is 29.1 Å². The first-order valence-corrected chi connectivity index (χ1v) is 5.25. The Bertz CT molecular complexity index is 246. The quantitative estimate of drug-likeness (QED) is 0.658. The molecule has 0 aromatic heterocycles. The number of hydrogen-bond donors (Lipinski definition) is 1. The molecule has 2 heteroatoms. The third-order valence-electron chi connectivity index (χ3n) is 4.66. The van der Waals surface area contributed by atoms with E-state index in [4.69, 9.17) is 5.73 Å². The summed E-state index contributed by atoms with van der Waals surface area (Å²) in [5.74, 6) is 1.84. The normalized spacial score (nSPS) is 46.7. The van der Waals surface area contributed by atoms with Crippen molar-refractivity contribution >= 4 is 5.91 Å². The highest BCUT2D eigenvalue weighted by Crippen LogP contribution is 2.62. The summed E-state index contributed by atoms with van der Waals surface area (Å²) in [6.07, 6.45) is 2.50. The van der Waals surface area contributed by atoms with Crippen molar-refractivity contribution in [3.8, 4) is 0 Å². The molecule has 2 bridgehead atoms. The molecule has 0 aliphatic heterocycles. The predicted molar refractivity (Wildman–Crippen MR) is 51.8 cm³/mol. The van der Waals surface area contributed by atoms with Crippen molar-refractivity contribution in [1.82, 2.24) is 0 Å². The highest BCUT2D eigenvalue weighted by molar-refractivity contribution is 5.78. The second-order valence-electron chi connectivity index (χ2n) is 5.40. The molecule has 0 aromatic rings. The molecule has 4 unspecified atom stereocenters. The summed E-state index contributed by atoms with van der Waals surface area (Å²) in [5.41, 5.74) is 5.80. The molecule has 2 nitrogen and oxygen atoms in total.